The second-order valence-corrected chi connectivity index (χ2v) is 18.9. The van der Waals surface area contributed by atoms with Crippen LogP contribution < -0.4 is 24.8 Å². The molecule has 0 unspecified atom stereocenters. The summed E-state index contributed by atoms with van der Waals surface area (Å²) >= 11 is 1.46. The van der Waals surface area contributed by atoms with Gasteiger partial charge >= 0.3 is 112 Å². The molecule has 0 amide bonds. The Morgan fingerprint density at radius 1 is 0.648 bits per heavy atom. The zero-order valence-electron chi connectivity index (χ0n) is 34.6. The molecule has 0 aliphatic heterocycles. The van der Waals surface area contributed by atoms with Gasteiger partial charge in [-0.05, 0) is 58.4 Å². The third-order valence-electron chi connectivity index (χ3n) is 11.2. The summed E-state index contributed by atoms with van der Waals surface area (Å²) in [6, 6.07) is 31.9. The third kappa shape index (κ3) is 8.86. The summed E-state index contributed by atoms with van der Waals surface area (Å²) < 4.78 is 1.42. The van der Waals surface area contributed by atoms with Crippen molar-refractivity contribution in [1.82, 2.24) is 0 Å². The van der Waals surface area contributed by atoms with Gasteiger partial charge in [-0.15, -0.1) is 11.6 Å². The van der Waals surface area contributed by atoms with Gasteiger partial charge in [0, 0.05) is 5.41 Å². The number of aryl methyl sites for hydroxylation is 4. The van der Waals surface area contributed by atoms with E-state index in [1.54, 1.807) is 0 Å². The number of rotatable bonds is 2. The first-order chi connectivity index (χ1) is 24.2. The molecule has 3 heteroatoms. The van der Waals surface area contributed by atoms with Gasteiger partial charge in [-0.1, -0.05) is 98.3 Å². The Morgan fingerprint density at radius 2 is 1.13 bits per heavy atom. The van der Waals surface area contributed by atoms with E-state index in [-0.39, 0.29) is 35.6 Å². The van der Waals surface area contributed by atoms with Gasteiger partial charge in [-0.2, -0.15) is 28.3 Å². The van der Waals surface area contributed by atoms with Crippen molar-refractivity contribution in [3.8, 4) is 11.1 Å². The van der Waals surface area contributed by atoms with E-state index in [1.165, 1.54) is 122 Å². The SMILES string of the molecule is CC1=[C-]C(C)(C)c2cc3c(cc21)-c1cc2c(cc1C3)C(C)(C)C=C2C.Cc1cc(C(C)(C)C)c(C)[cH-]1.Cc1ccc([C](=[Zr+2])c2ccc(C)cc2)cc1.[Cl-].[Cl-]. The topological polar surface area (TPSA) is 0 Å². The quantitative estimate of drug-likeness (QED) is 0.162. The molecule has 0 bridgehead atoms. The summed E-state index contributed by atoms with van der Waals surface area (Å²) in [4.78, 5) is 0. The van der Waals surface area contributed by atoms with Crippen molar-refractivity contribution in [1.29, 1.82) is 0 Å². The Labute approximate surface area is 354 Å². The largest absolute Gasteiger partial charge is 1.00 e. The van der Waals surface area contributed by atoms with Crippen LogP contribution >= 0.6 is 0 Å². The van der Waals surface area contributed by atoms with Crippen LogP contribution in [0.4, 0.5) is 0 Å². The maximum atomic E-state index is 3.65. The van der Waals surface area contributed by atoms with E-state index in [2.05, 4.69) is 187 Å². The zero-order valence-corrected chi connectivity index (χ0v) is 38.6. The molecule has 0 atom stereocenters. The van der Waals surface area contributed by atoms with Crippen LogP contribution in [-0.2, 0) is 46.9 Å². The van der Waals surface area contributed by atoms with Crippen molar-refractivity contribution in [2.45, 2.75) is 113 Å². The Balaban J connectivity index is 0.000000194. The first kappa shape index (κ1) is 43.8. The Bertz CT molecular complexity index is 2110. The monoisotopic (exact) mass is 828 g/mol. The molecule has 0 N–H and O–H groups in total. The second-order valence-electron chi connectivity index (χ2n) is 17.7. The predicted octanol–water partition coefficient (Wildman–Crippen LogP) is 7.20. The van der Waals surface area contributed by atoms with Crippen LogP contribution in [-0.4, -0.2) is 3.21 Å². The molecule has 0 nitrogen and oxygen atoms in total. The molecule has 8 rings (SSSR count). The Hall–Kier alpha value is -2.96. The van der Waals surface area contributed by atoms with Gasteiger partial charge < -0.3 is 24.8 Å². The molecule has 0 spiro atoms. The minimum absolute atomic E-state index is 0. The summed E-state index contributed by atoms with van der Waals surface area (Å²) in [7, 11) is 0. The van der Waals surface area contributed by atoms with Crippen molar-refractivity contribution in [3.05, 3.63) is 169 Å². The summed E-state index contributed by atoms with van der Waals surface area (Å²) in [5, 5.41) is 0. The number of halogens is 2. The van der Waals surface area contributed by atoms with Crippen LogP contribution in [0.5, 0.6) is 0 Å². The molecule has 280 valence electrons. The van der Waals surface area contributed by atoms with Gasteiger partial charge in [-0.25, -0.2) is 11.6 Å². The molecule has 0 aromatic heterocycles. The Kier molecular flexibility index (Phi) is 13.2. The Morgan fingerprint density at radius 3 is 1.57 bits per heavy atom. The van der Waals surface area contributed by atoms with Crippen molar-refractivity contribution < 1.29 is 49.0 Å². The van der Waals surface area contributed by atoms with Crippen molar-refractivity contribution in [2.75, 3.05) is 0 Å². The standard InChI is InChI=1S/C25H25.C15H14.C11H17.2ClH.Zr/c1-14-12-24(3,4)22-8-16-7-17-9-23-19(15(2)13-25(23,5)6)11-21(17)20(16)10-18(14)22;1-12-3-7-14(8-4-12)11-15-9-5-13(2)6-10-15;1-8-6-9(2)10(7-8)11(3,4)5;;;/h8-12H,7H2,1-6H3;3-10H,1-2H3;6-7H,1-5H3;2*1H;/q-1;;-1;;;+2/p-2. The number of fused-ring (bicyclic) bond motifs is 5. The number of hydrogen-bond donors (Lipinski definition) is 0. The molecular formula is C51H56Cl2Zr-2. The summed E-state index contributed by atoms with van der Waals surface area (Å²) in [6.45, 7) is 29.0. The second kappa shape index (κ2) is 16.3. The van der Waals surface area contributed by atoms with Crippen molar-refractivity contribution in [3.63, 3.8) is 0 Å². The summed E-state index contributed by atoms with van der Waals surface area (Å²) in [6.07, 6.45) is 7.13. The van der Waals surface area contributed by atoms with Gasteiger partial charge in [0.1, 0.15) is 0 Å². The van der Waals surface area contributed by atoms with E-state index >= 15 is 0 Å². The normalized spacial score (nSPS) is 15.0. The average molecular weight is 831 g/mol. The molecule has 0 fully saturated rings. The third-order valence-corrected chi connectivity index (χ3v) is 12.6. The van der Waals surface area contributed by atoms with Gasteiger partial charge in [0.25, 0.3) is 0 Å². The fourth-order valence-corrected chi connectivity index (χ4v) is 9.31. The molecule has 3 aliphatic rings. The van der Waals surface area contributed by atoms with E-state index in [9.17, 15) is 0 Å². The van der Waals surface area contributed by atoms with Crippen molar-refractivity contribution in [2.24, 2.45) is 0 Å². The molecule has 0 saturated carbocycles. The molecule has 0 radical (unpaired) electrons. The number of benzene rings is 4. The van der Waals surface area contributed by atoms with E-state index < -0.39 is 0 Å². The average Bonchev–Trinajstić information content (AvgIpc) is 3.74. The predicted molar refractivity (Wildman–Crippen MR) is 222 cm³/mol. The van der Waals surface area contributed by atoms with Gasteiger partial charge in [0.15, 0.2) is 0 Å². The van der Waals surface area contributed by atoms with E-state index in [4.69, 9.17) is 0 Å². The first-order valence-corrected chi connectivity index (χ1v) is 20.1. The maximum absolute atomic E-state index is 3.65. The minimum atomic E-state index is 0. The fraction of sp³-hybridized carbons (Fsp3) is 0.333. The number of allylic oxidation sites excluding steroid dienone is 4. The van der Waals surface area contributed by atoms with Crippen LogP contribution in [0.25, 0.3) is 22.3 Å². The molecule has 3 aliphatic carbocycles. The van der Waals surface area contributed by atoms with E-state index in [0.29, 0.717) is 5.41 Å². The van der Waals surface area contributed by atoms with Crippen LogP contribution in [0.2, 0.25) is 0 Å². The molecular weight excluding hydrogens is 775 g/mol. The fourth-order valence-electron chi connectivity index (χ4n) is 8.49. The number of hydrogen-bond acceptors (Lipinski definition) is 0. The first-order valence-electron chi connectivity index (χ1n) is 18.9. The van der Waals surface area contributed by atoms with Crippen LogP contribution in [0.3, 0.4) is 0 Å². The molecule has 54 heavy (non-hydrogen) atoms. The van der Waals surface area contributed by atoms with Gasteiger partial charge in [0.2, 0.25) is 0 Å². The molecule has 0 saturated heterocycles. The maximum Gasteiger partial charge on any atom is -1.00 e. The molecule has 0 heterocycles. The van der Waals surface area contributed by atoms with Crippen LogP contribution in [0.1, 0.15) is 135 Å². The zero-order chi connectivity index (χ0) is 37.9. The molecule has 5 aromatic rings. The summed E-state index contributed by atoms with van der Waals surface area (Å²) in [5.74, 6) is 0. The van der Waals surface area contributed by atoms with E-state index in [0.717, 1.165) is 6.42 Å². The van der Waals surface area contributed by atoms with Gasteiger partial charge in [-0.3, -0.25) is 6.08 Å². The van der Waals surface area contributed by atoms with Gasteiger partial charge in [0.05, 0.1) is 0 Å². The van der Waals surface area contributed by atoms with Crippen LogP contribution in [0, 0.1) is 33.8 Å². The molecule has 5 aromatic carbocycles. The van der Waals surface area contributed by atoms with E-state index in [1.807, 2.05) is 0 Å². The van der Waals surface area contributed by atoms with Crippen LogP contribution in [0.15, 0.2) is 91.0 Å². The summed E-state index contributed by atoms with van der Waals surface area (Å²) in [5.41, 5.74) is 24.5. The van der Waals surface area contributed by atoms with Crippen molar-refractivity contribution >= 4 is 14.4 Å². The smallest absolute Gasteiger partial charge is 1.00 e. The minimum Gasteiger partial charge on any atom is -1.00 e.